The maximum atomic E-state index is 12.8. The summed E-state index contributed by atoms with van der Waals surface area (Å²) >= 11 is 0. The van der Waals surface area contributed by atoms with Crippen molar-refractivity contribution in [3.8, 4) is 5.75 Å². The summed E-state index contributed by atoms with van der Waals surface area (Å²) in [4.78, 5) is 14.6. The highest BCUT2D eigenvalue weighted by molar-refractivity contribution is 6.00. The van der Waals surface area contributed by atoms with Crippen molar-refractivity contribution in [1.82, 2.24) is 0 Å². The molecule has 0 bridgehead atoms. The third-order valence-corrected chi connectivity index (χ3v) is 4.11. The molecule has 2 N–H and O–H groups in total. The van der Waals surface area contributed by atoms with E-state index >= 15 is 0 Å². The van der Waals surface area contributed by atoms with E-state index in [2.05, 4.69) is 12.1 Å². The zero-order valence-corrected chi connectivity index (χ0v) is 13.5. The van der Waals surface area contributed by atoms with Gasteiger partial charge in [-0.1, -0.05) is 44.2 Å². The van der Waals surface area contributed by atoms with Crippen molar-refractivity contribution in [3.05, 3.63) is 54.1 Å². The summed E-state index contributed by atoms with van der Waals surface area (Å²) in [5.41, 5.74) is 8.52. The zero-order chi connectivity index (χ0) is 16.4. The van der Waals surface area contributed by atoms with Gasteiger partial charge in [0.1, 0.15) is 5.75 Å². The number of carbonyl (C=O) groups excluding carboxylic acids is 1. The van der Waals surface area contributed by atoms with Crippen LogP contribution < -0.4 is 15.4 Å². The molecule has 0 saturated heterocycles. The number of hydrogen-bond donors (Lipinski definition) is 1. The number of amides is 1. The summed E-state index contributed by atoms with van der Waals surface area (Å²) in [7, 11) is 0. The van der Waals surface area contributed by atoms with E-state index in [1.807, 2.05) is 43.0 Å². The van der Waals surface area contributed by atoms with Crippen LogP contribution in [0.5, 0.6) is 5.75 Å². The molecule has 1 atom stereocenters. The number of anilines is 2. The van der Waals surface area contributed by atoms with Crippen LogP contribution in [-0.4, -0.2) is 18.6 Å². The minimum absolute atomic E-state index is 0.0215. The summed E-state index contributed by atoms with van der Waals surface area (Å²) in [5.74, 6) is 0.820. The second-order valence-corrected chi connectivity index (χ2v) is 6.24. The smallest absolute Gasteiger partial charge is 0.268 e. The van der Waals surface area contributed by atoms with E-state index in [1.54, 1.807) is 12.1 Å². The highest BCUT2D eigenvalue weighted by Crippen LogP contribution is 2.37. The van der Waals surface area contributed by atoms with Gasteiger partial charge in [0.25, 0.3) is 5.91 Å². The molecule has 0 aliphatic carbocycles. The van der Waals surface area contributed by atoms with Crippen molar-refractivity contribution >= 4 is 17.3 Å². The van der Waals surface area contributed by atoms with Gasteiger partial charge in [0.15, 0.2) is 6.10 Å². The standard InChI is InChI=1S/C19H22N2O2/c1-13(2)18-19(22)21(11-10-14-6-4-3-5-7-14)16-9-8-15(20)12-17(16)23-18/h3-9,12-13,18H,10-11,20H2,1-2H3. The number of nitrogen functional groups attached to an aromatic ring is 1. The zero-order valence-electron chi connectivity index (χ0n) is 13.5. The molecule has 4 heteroatoms. The lowest BCUT2D eigenvalue weighted by atomic mass is 10.0. The lowest BCUT2D eigenvalue weighted by molar-refractivity contribution is -0.128. The van der Waals surface area contributed by atoms with E-state index in [-0.39, 0.29) is 11.8 Å². The first-order valence-electron chi connectivity index (χ1n) is 7.98. The van der Waals surface area contributed by atoms with Crippen molar-refractivity contribution in [2.24, 2.45) is 5.92 Å². The first kappa shape index (κ1) is 15.4. The largest absolute Gasteiger partial charge is 0.478 e. The van der Waals surface area contributed by atoms with E-state index in [0.717, 1.165) is 12.1 Å². The Morgan fingerprint density at radius 1 is 1.17 bits per heavy atom. The number of nitrogens with zero attached hydrogens (tertiary/aromatic N) is 1. The van der Waals surface area contributed by atoms with E-state index in [4.69, 9.17) is 10.5 Å². The van der Waals surface area contributed by atoms with Crippen LogP contribution in [0, 0.1) is 5.92 Å². The predicted octanol–water partition coefficient (Wildman–Crippen LogP) is 3.26. The van der Waals surface area contributed by atoms with Crippen LogP contribution >= 0.6 is 0 Å². The Kier molecular flexibility index (Phi) is 4.24. The minimum Gasteiger partial charge on any atom is -0.478 e. The van der Waals surface area contributed by atoms with Crippen molar-refractivity contribution in [2.45, 2.75) is 26.4 Å². The molecule has 4 nitrogen and oxygen atoms in total. The molecule has 0 fully saturated rings. The Hall–Kier alpha value is -2.49. The fourth-order valence-electron chi connectivity index (χ4n) is 2.85. The predicted molar refractivity (Wildman–Crippen MR) is 92.6 cm³/mol. The molecule has 23 heavy (non-hydrogen) atoms. The fourth-order valence-corrected chi connectivity index (χ4v) is 2.85. The molecule has 3 rings (SSSR count). The Morgan fingerprint density at radius 3 is 2.61 bits per heavy atom. The summed E-state index contributed by atoms with van der Waals surface area (Å²) < 4.78 is 5.90. The molecular formula is C19H22N2O2. The van der Waals surface area contributed by atoms with Crippen LogP contribution in [0.15, 0.2) is 48.5 Å². The normalized spacial score (nSPS) is 17.1. The van der Waals surface area contributed by atoms with Crippen LogP contribution in [0.2, 0.25) is 0 Å². The van der Waals surface area contributed by atoms with Crippen LogP contribution in [0.25, 0.3) is 0 Å². The van der Waals surface area contributed by atoms with Gasteiger partial charge in [-0.2, -0.15) is 0 Å². The molecule has 1 amide bonds. The average Bonchev–Trinajstić information content (AvgIpc) is 2.54. The molecule has 1 aliphatic rings. The van der Waals surface area contributed by atoms with E-state index < -0.39 is 6.10 Å². The molecule has 1 aliphatic heterocycles. The second-order valence-electron chi connectivity index (χ2n) is 6.24. The van der Waals surface area contributed by atoms with Gasteiger partial charge in [0.2, 0.25) is 0 Å². The maximum Gasteiger partial charge on any atom is 0.268 e. The molecule has 0 spiro atoms. The topological polar surface area (TPSA) is 55.6 Å². The third kappa shape index (κ3) is 3.16. The van der Waals surface area contributed by atoms with Crippen LogP contribution in [-0.2, 0) is 11.2 Å². The fraction of sp³-hybridized carbons (Fsp3) is 0.316. The van der Waals surface area contributed by atoms with Crippen LogP contribution in [0.3, 0.4) is 0 Å². The Balaban J connectivity index is 1.88. The van der Waals surface area contributed by atoms with Crippen LogP contribution in [0.1, 0.15) is 19.4 Å². The molecule has 1 heterocycles. The SMILES string of the molecule is CC(C)C1Oc2cc(N)ccc2N(CCc2ccccc2)C1=O. The molecule has 0 saturated carbocycles. The molecule has 0 aromatic heterocycles. The van der Waals surface area contributed by atoms with Crippen molar-refractivity contribution in [3.63, 3.8) is 0 Å². The number of fused-ring (bicyclic) bond motifs is 1. The Morgan fingerprint density at radius 2 is 1.91 bits per heavy atom. The van der Waals surface area contributed by atoms with Gasteiger partial charge < -0.3 is 15.4 Å². The number of carbonyl (C=O) groups is 1. The summed E-state index contributed by atoms with van der Waals surface area (Å²) in [6.07, 6.45) is 0.348. The Bertz CT molecular complexity index is 698. The highest BCUT2D eigenvalue weighted by atomic mass is 16.5. The van der Waals surface area contributed by atoms with Crippen molar-refractivity contribution in [1.29, 1.82) is 0 Å². The number of nitrogens with two attached hydrogens (primary N) is 1. The second kappa shape index (κ2) is 6.32. The summed E-state index contributed by atoms with van der Waals surface area (Å²) in [6.45, 7) is 4.62. The first-order valence-corrected chi connectivity index (χ1v) is 7.98. The third-order valence-electron chi connectivity index (χ3n) is 4.11. The molecule has 120 valence electrons. The number of hydrogen-bond acceptors (Lipinski definition) is 3. The van der Waals surface area contributed by atoms with Gasteiger partial charge in [-0.05, 0) is 30.0 Å². The molecule has 1 unspecified atom stereocenters. The van der Waals surface area contributed by atoms with Crippen LogP contribution in [0.4, 0.5) is 11.4 Å². The van der Waals surface area contributed by atoms with Gasteiger partial charge >= 0.3 is 0 Å². The van der Waals surface area contributed by atoms with Crippen molar-refractivity contribution < 1.29 is 9.53 Å². The van der Waals surface area contributed by atoms with Gasteiger partial charge in [0.05, 0.1) is 5.69 Å². The maximum absolute atomic E-state index is 12.8. The van der Waals surface area contributed by atoms with E-state index in [9.17, 15) is 4.79 Å². The first-order chi connectivity index (χ1) is 11.1. The van der Waals surface area contributed by atoms with E-state index in [0.29, 0.717) is 18.0 Å². The molecule has 0 radical (unpaired) electrons. The van der Waals surface area contributed by atoms with Gasteiger partial charge in [-0.3, -0.25) is 4.79 Å². The lowest BCUT2D eigenvalue weighted by Gasteiger charge is -2.36. The highest BCUT2D eigenvalue weighted by Gasteiger charge is 2.36. The van der Waals surface area contributed by atoms with Crippen molar-refractivity contribution in [2.75, 3.05) is 17.2 Å². The number of ether oxygens (including phenoxy) is 1. The van der Waals surface area contributed by atoms with E-state index in [1.165, 1.54) is 5.56 Å². The van der Waals surface area contributed by atoms with Gasteiger partial charge in [0, 0.05) is 18.3 Å². The Labute approximate surface area is 136 Å². The molecular weight excluding hydrogens is 288 g/mol. The van der Waals surface area contributed by atoms with Gasteiger partial charge in [-0.15, -0.1) is 0 Å². The summed E-state index contributed by atoms with van der Waals surface area (Å²) in [6, 6.07) is 15.7. The lowest BCUT2D eigenvalue weighted by Crippen LogP contribution is -2.49. The molecule has 2 aromatic carbocycles. The van der Waals surface area contributed by atoms with Gasteiger partial charge in [-0.25, -0.2) is 0 Å². The number of rotatable bonds is 4. The molecule has 2 aromatic rings. The monoisotopic (exact) mass is 310 g/mol. The quantitative estimate of drug-likeness (QED) is 0.882. The number of benzene rings is 2. The summed E-state index contributed by atoms with van der Waals surface area (Å²) in [5, 5.41) is 0. The minimum atomic E-state index is -0.458. The average molecular weight is 310 g/mol.